The zero-order chi connectivity index (χ0) is 19.5. The van der Waals surface area contributed by atoms with Gasteiger partial charge in [0.15, 0.2) is 5.11 Å². The zero-order valence-corrected chi connectivity index (χ0v) is 17.3. The summed E-state index contributed by atoms with van der Waals surface area (Å²) in [4.78, 5) is 6.91. The Morgan fingerprint density at radius 1 is 1.14 bits per heavy atom. The molecular weight excluding hydrogens is 388 g/mol. The van der Waals surface area contributed by atoms with Crippen LogP contribution >= 0.6 is 23.8 Å². The van der Waals surface area contributed by atoms with E-state index in [1.54, 1.807) is 0 Å². The Morgan fingerprint density at radius 3 is 2.79 bits per heavy atom. The van der Waals surface area contributed by atoms with E-state index in [4.69, 9.17) is 23.8 Å². The van der Waals surface area contributed by atoms with Crippen molar-refractivity contribution >= 4 is 28.9 Å². The van der Waals surface area contributed by atoms with Gasteiger partial charge in [-0.1, -0.05) is 37.1 Å². The molecule has 1 N–H and O–H groups in total. The highest BCUT2D eigenvalue weighted by Gasteiger charge is 2.40. The molecule has 0 amide bonds. The molecule has 1 aromatic carbocycles. The Balaban J connectivity index is 1.79. The van der Waals surface area contributed by atoms with Crippen LogP contribution in [-0.2, 0) is 0 Å². The molecule has 0 bridgehead atoms. The third kappa shape index (κ3) is 3.64. The van der Waals surface area contributed by atoms with Crippen LogP contribution in [0, 0.1) is 0 Å². The number of unbranched alkanes of at least 4 members (excludes halogenated alkanes) is 1. The lowest BCUT2D eigenvalue weighted by Crippen LogP contribution is -2.31. The lowest BCUT2D eigenvalue weighted by molar-refractivity contribution is 0.304. The van der Waals surface area contributed by atoms with Crippen molar-refractivity contribution in [3.05, 3.63) is 83.4 Å². The topological polar surface area (TPSA) is 33.1 Å². The molecule has 1 fully saturated rings. The van der Waals surface area contributed by atoms with Crippen molar-refractivity contribution in [3.63, 3.8) is 0 Å². The number of rotatable bonds is 6. The average Bonchev–Trinajstić information content (AvgIpc) is 3.31. The predicted octanol–water partition coefficient (Wildman–Crippen LogP) is 5.30. The Hall–Kier alpha value is -2.37. The fourth-order valence-electron chi connectivity index (χ4n) is 3.79. The van der Waals surface area contributed by atoms with E-state index in [2.05, 4.69) is 57.2 Å². The first-order valence-corrected chi connectivity index (χ1v) is 10.4. The molecule has 28 heavy (non-hydrogen) atoms. The molecule has 0 saturated carbocycles. The Labute approximate surface area is 176 Å². The summed E-state index contributed by atoms with van der Waals surface area (Å²) in [6, 6.07) is 18.2. The van der Waals surface area contributed by atoms with Gasteiger partial charge in [0.05, 0.1) is 17.8 Å². The second-order valence-electron chi connectivity index (χ2n) is 6.96. The first kappa shape index (κ1) is 19.0. The lowest BCUT2D eigenvalue weighted by Gasteiger charge is -2.29. The fraction of sp³-hybridized carbons (Fsp3) is 0.273. The standard InChI is InChI=1S/C22H23ClN4S/c1-2-3-13-27-21(20(25-22(27)28)18-10-4-5-12-24-18)19-11-7-14-26(19)17-9-6-8-16(23)15-17/h4-12,14-15,20-21H,2-3,13H2,1H3,(H,25,28)/t20-,21-/m1/s1. The van der Waals surface area contributed by atoms with Gasteiger partial charge in [-0.3, -0.25) is 4.98 Å². The largest absolute Gasteiger partial charge is 0.352 e. The summed E-state index contributed by atoms with van der Waals surface area (Å²) >= 11 is 12.0. The van der Waals surface area contributed by atoms with Crippen molar-refractivity contribution in [2.45, 2.75) is 31.8 Å². The van der Waals surface area contributed by atoms with Crippen LogP contribution < -0.4 is 5.32 Å². The summed E-state index contributed by atoms with van der Waals surface area (Å²) in [7, 11) is 0. The first-order chi connectivity index (χ1) is 13.7. The van der Waals surface area contributed by atoms with Crippen molar-refractivity contribution in [3.8, 4) is 5.69 Å². The van der Waals surface area contributed by atoms with Crippen LogP contribution in [-0.4, -0.2) is 26.1 Å². The summed E-state index contributed by atoms with van der Waals surface area (Å²) in [5.74, 6) is 0. The highest BCUT2D eigenvalue weighted by Crippen LogP contribution is 2.39. The third-order valence-electron chi connectivity index (χ3n) is 5.12. The second-order valence-corrected chi connectivity index (χ2v) is 7.78. The quantitative estimate of drug-likeness (QED) is 0.559. The maximum atomic E-state index is 6.25. The Bertz CT molecular complexity index is 956. The maximum Gasteiger partial charge on any atom is 0.170 e. The van der Waals surface area contributed by atoms with Crippen molar-refractivity contribution in [2.75, 3.05) is 6.54 Å². The fourth-order valence-corrected chi connectivity index (χ4v) is 4.31. The molecule has 1 aliphatic heterocycles. The normalized spacial score (nSPS) is 19.1. The summed E-state index contributed by atoms with van der Waals surface area (Å²) in [6.07, 6.45) is 6.12. The minimum Gasteiger partial charge on any atom is -0.352 e. The van der Waals surface area contributed by atoms with Crippen LogP contribution in [0.5, 0.6) is 0 Å². The monoisotopic (exact) mass is 410 g/mol. The number of hydrogen-bond acceptors (Lipinski definition) is 2. The van der Waals surface area contributed by atoms with Gasteiger partial charge >= 0.3 is 0 Å². The number of hydrogen-bond donors (Lipinski definition) is 1. The maximum absolute atomic E-state index is 6.25. The number of nitrogens with zero attached hydrogens (tertiary/aromatic N) is 3. The molecule has 0 radical (unpaired) electrons. The molecule has 1 saturated heterocycles. The number of thiocarbonyl (C=S) groups is 1. The minimum absolute atomic E-state index is 0.00149. The minimum atomic E-state index is -0.00149. The van der Waals surface area contributed by atoms with Crippen LogP contribution in [0.25, 0.3) is 5.69 Å². The number of aromatic nitrogens is 2. The van der Waals surface area contributed by atoms with Gasteiger partial charge in [0.1, 0.15) is 0 Å². The molecule has 0 aliphatic carbocycles. The van der Waals surface area contributed by atoms with E-state index < -0.39 is 0 Å². The van der Waals surface area contributed by atoms with Crippen LogP contribution in [0.2, 0.25) is 5.02 Å². The predicted molar refractivity (Wildman–Crippen MR) is 118 cm³/mol. The number of nitrogens with one attached hydrogen (secondary N) is 1. The van der Waals surface area contributed by atoms with Gasteiger partial charge in [0, 0.05) is 35.3 Å². The van der Waals surface area contributed by atoms with Gasteiger partial charge in [0.25, 0.3) is 0 Å². The van der Waals surface area contributed by atoms with E-state index >= 15 is 0 Å². The number of halogens is 1. The summed E-state index contributed by atoms with van der Waals surface area (Å²) < 4.78 is 2.20. The van der Waals surface area contributed by atoms with E-state index in [0.717, 1.165) is 40.9 Å². The smallest absolute Gasteiger partial charge is 0.170 e. The first-order valence-electron chi connectivity index (χ1n) is 9.60. The lowest BCUT2D eigenvalue weighted by atomic mass is 10.0. The van der Waals surface area contributed by atoms with Crippen LogP contribution in [0.15, 0.2) is 67.0 Å². The van der Waals surface area contributed by atoms with Crippen LogP contribution in [0.3, 0.4) is 0 Å². The van der Waals surface area contributed by atoms with E-state index in [1.807, 2.05) is 36.5 Å². The molecule has 4 nitrogen and oxygen atoms in total. The highest BCUT2D eigenvalue weighted by atomic mass is 35.5. The number of pyridine rings is 1. The molecule has 3 aromatic rings. The molecule has 0 unspecified atom stereocenters. The molecule has 2 atom stereocenters. The van der Waals surface area contributed by atoms with Crippen molar-refractivity contribution in [2.24, 2.45) is 0 Å². The van der Waals surface area contributed by atoms with Gasteiger partial charge in [-0.05, 0) is 61.1 Å². The zero-order valence-electron chi connectivity index (χ0n) is 15.8. The van der Waals surface area contributed by atoms with E-state index in [9.17, 15) is 0 Å². The van der Waals surface area contributed by atoms with Gasteiger partial charge in [0.2, 0.25) is 0 Å². The molecule has 1 aliphatic rings. The van der Waals surface area contributed by atoms with Gasteiger partial charge in [-0.15, -0.1) is 0 Å². The highest BCUT2D eigenvalue weighted by molar-refractivity contribution is 7.80. The third-order valence-corrected chi connectivity index (χ3v) is 5.71. The molecular formula is C22H23ClN4S. The molecule has 4 rings (SSSR count). The van der Waals surface area contributed by atoms with Crippen molar-refractivity contribution < 1.29 is 0 Å². The van der Waals surface area contributed by atoms with E-state index in [0.29, 0.717) is 0 Å². The van der Waals surface area contributed by atoms with Crippen molar-refractivity contribution in [1.29, 1.82) is 0 Å². The van der Waals surface area contributed by atoms with Gasteiger partial charge < -0.3 is 14.8 Å². The molecule has 3 heterocycles. The molecule has 0 spiro atoms. The summed E-state index contributed by atoms with van der Waals surface area (Å²) in [5.41, 5.74) is 3.20. The van der Waals surface area contributed by atoms with Crippen molar-refractivity contribution in [1.82, 2.24) is 19.8 Å². The molecule has 2 aromatic heterocycles. The summed E-state index contributed by atoms with van der Waals surface area (Å²) in [5, 5.41) is 5.02. The average molecular weight is 411 g/mol. The van der Waals surface area contributed by atoms with Gasteiger partial charge in [-0.2, -0.15) is 0 Å². The van der Waals surface area contributed by atoms with Crippen LogP contribution in [0.1, 0.15) is 43.2 Å². The van der Waals surface area contributed by atoms with E-state index in [1.165, 1.54) is 5.69 Å². The second kappa shape index (κ2) is 8.33. The number of benzene rings is 1. The Kier molecular flexibility index (Phi) is 5.64. The van der Waals surface area contributed by atoms with Crippen LogP contribution in [0.4, 0.5) is 0 Å². The molecule has 6 heteroatoms. The van der Waals surface area contributed by atoms with Gasteiger partial charge in [-0.25, -0.2) is 0 Å². The molecule has 144 valence electrons. The Morgan fingerprint density at radius 2 is 2.04 bits per heavy atom. The summed E-state index contributed by atoms with van der Waals surface area (Å²) in [6.45, 7) is 3.11. The van der Waals surface area contributed by atoms with E-state index in [-0.39, 0.29) is 12.1 Å². The SMILES string of the molecule is CCCCN1C(=S)N[C@H](c2ccccn2)[C@H]1c1cccn1-c1cccc(Cl)c1.